The predicted octanol–water partition coefficient (Wildman–Crippen LogP) is 3.68. The summed E-state index contributed by atoms with van der Waals surface area (Å²) < 4.78 is 1.19. The van der Waals surface area contributed by atoms with Gasteiger partial charge in [-0.3, -0.25) is 0 Å². The van der Waals surface area contributed by atoms with Crippen molar-refractivity contribution in [1.29, 1.82) is 0 Å². The van der Waals surface area contributed by atoms with Crippen molar-refractivity contribution in [3.63, 3.8) is 0 Å². The van der Waals surface area contributed by atoms with Crippen molar-refractivity contribution in [2.24, 2.45) is 5.92 Å². The van der Waals surface area contributed by atoms with Crippen molar-refractivity contribution in [3.8, 4) is 0 Å². The average Bonchev–Trinajstić information content (AvgIpc) is 2.30. The smallest absolute Gasteiger partial charge is 0.0185 e. The number of hydrogen-bond donors (Lipinski definition) is 1. The molecule has 0 aliphatic carbocycles. The van der Waals surface area contributed by atoms with Crippen LogP contribution in [0.25, 0.3) is 0 Å². The maximum absolute atomic E-state index is 3.51. The van der Waals surface area contributed by atoms with Crippen LogP contribution in [-0.4, -0.2) is 18.8 Å². The van der Waals surface area contributed by atoms with Crippen molar-refractivity contribution in [3.05, 3.63) is 34.3 Å². The Balaban J connectivity index is 1.71. The molecular weight excluding hydrogens is 282 g/mol. The molecule has 1 nitrogen and oxygen atoms in total. The summed E-state index contributed by atoms with van der Waals surface area (Å²) in [5.74, 6) is 3.38. The van der Waals surface area contributed by atoms with Gasteiger partial charge in [0.1, 0.15) is 0 Å². The van der Waals surface area contributed by atoms with Crippen molar-refractivity contribution < 1.29 is 0 Å². The molecule has 0 atom stereocenters. The highest BCUT2D eigenvalue weighted by Gasteiger charge is 2.12. The summed E-state index contributed by atoms with van der Waals surface area (Å²) >= 11 is 5.59. The highest BCUT2D eigenvalue weighted by molar-refractivity contribution is 9.10. The molecular formula is C13H18BrNS. The van der Waals surface area contributed by atoms with Crippen molar-refractivity contribution in [2.45, 2.75) is 18.6 Å². The third-order valence-electron chi connectivity index (χ3n) is 2.97. The summed E-state index contributed by atoms with van der Waals surface area (Å²) in [5, 5.41) is 3.41. The molecule has 1 N–H and O–H groups in total. The maximum Gasteiger partial charge on any atom is 0.0185 e. The van der Waals surface area contributed by atoms with Crippen LogP contribution in [0.1, 0.15) is 18.4 Å². The molecule has 1 saturated heterocycles. The number of halogens is 1. The van der Waals surface area contributed by atoms with Gasteiger partial charge in [-0.2, -0.15) is 11.8 Å². The number of piperidine rings is 1. The van der Waals surface area contributed by atoms with Crippen LogP contribution in [0.2, 0.25) is 0 Å². The predicted molar refractivity (Wildman–Crippen MR) is 75.9 cm³/mol. The van der Waals surface area contributed by atoms with Gasteiger partial charge in [0.05, 0.1) is 0 Å². The Labute approximate surface area is 111 Å². The summed E-state index contributed by atoms with van der Waals surface area (Å²) in [6.07, 6.45) is 2.71. The van der Waals surface area contributed by atoms with Crippen LogP contribution < -0.4 is 5.32 Å². The fraction of sp³-hybridized carbons (Fsp3) is 0.538. The zero-order chi connectivity index (χ0) is 11.2. The molecule has 1 aromatic rings. The summed E-state index contributed by atoms with van der Waals surface area (Å²) in [5.41, 5.74) is 1.42. The second-order valence-electron chi connectivity index (χ2n) is 4.34. The fourth-order valence-corrected chi connectivity index (χ4v) is 3.66. The minimum atomic E-state index is 0.929. The Morgan fingerprint density at radius 2 is 2.12 bits per heavy atom. The number of thioether (sulfide) groups is 1. The van der Waals surface area contributed by atoms with Gasteiger partial charge in [0, 0.05) is 10.2 Å². The summed E-state index contributed by atoms with van der Waals surface area (Å²) in [4.78, 5) is 0. The molecule has 0 unspecified atom stereocenters. The van der Waals surface area contributed by atoms with Gasteiger partial charge in [0.2, 0.25) is 0 Å². The van der Waals surface area contributed by atoms with Gasteiger partial charge in [0.25, 0.3) is 0 Å². The van der Waals surface area contributed by atoms with Crippen LogP contribution in [0, 0.1) is 5.92 Å². The molecule has 0 radical (unpaired) electrons. The van der Waals surface area contributed by atoms with Crippen LogP contribution in [0.15, 0.2) is 28.7 Å². The van der Waals surface area contributed by atoms with Gasteiger partial charge in [-0.25, -0.2) is 0 Å². The Bertz CT molecular complexity index is 323. The van der Waals surface area contributed by atoms with E-state index in [4.69, 9.17) is 0 Å². The van der Waals surface area contributed by atoms with Gasteiger partial charge in [-0.1, -0.05) is 28.1 Å². The van der Waals surface area contributed by atoms with Crippen LogP contribution >= 0.6 is 27.7 Å². The lowest BCUT2D eigenvalue weighted by Crippen LogP contribution is -2.28. The molecule has 1 aliphatic rings. The third kappa shape index (κ3) is 4.11. The Morgan fingerprint density at radius 3 is 2.88 bits per heavy atom. The largest absolute Gasteiger partial charge is 0.317 e. The molecule has 2 rings (SSSR count). The van der Waals surface area contributed by atoms with E-state index in [1.807, 2.05) is 0 Å². The van der Waals surface area contributed by atoms with Gasteiger partial charge in [0.15, 0.2) is 0 Å². The van der Waals surface area contributed by atoms with E-state index in [1.54, 1.807) is 0 Å². The fourth-order valence-electron chi connectivity index (χ4n) is 2.02. The van der Waals surface area contributed by atoms with Crippen LogP contribution in [0.5, 0.6) is 0 Å². The van der Waals surface area contributed by atoms with E-state index in [0.717, 1.165) is 11.7 Å². The maximum atomic E-state index is 3.51. The van der Waals surface area contributed by atoms with Crippen molar-refractivity contribution in [1.82, 2.24) is 5.32 Å². The number of rotatable bonds is 4. The standard InChI is InChI=1S/C13H18BrNS/c14-13-3-1-2-12(8-13)10-16-9-11-4-6-15-7-5-11/h1-3,8,11,15H,4-7,9-10H2. The summed E-state index contributed by atoms with van der Waals surface area (Å²) in [7, 11) is 0. The second-order valence-corrected chi connectivity index (χ2v) is 6.28. The van der Waals surface area contributed by atoms with E-state index < -0.39 is 0 Å². The molecule has 16 heavy (non-hydrogen) atoms. The molecule has 0 amide bonds. The van der Waals surface area contributed by atoms with Gasteiger partial charge in [-0.15, -0.1) is 0 Å². The van der Waals surface area contributed by atoms with E-state index >= 15 is 0 Å². The lowest BCUT2D eigenvalue weighted by Gasteiger charge is -2.22. The molecule has 0 aromatic heterocycles. The third-order valence-corrected chi connectivity index (χ3v) is 4.71. The zero-order valence-electron chi connectivity index (χ0n) is 9.42. The van der Waals surface area contributed by atoms with Crippen molar-refractivity contribution in [2.75, 3.05) is 18.8 Å². The molecule has 0 saturated carbocycles. The van der Waals surface area contributed by atoms with E-state index in [9.17, 15) is 0 Å². The lowest BCUT2D eigenvalue weighted by molar-refractivity contribution is 0.408. The first kappa shape index (κ1) is 12.5. The quantitative estimate of drug-likeness (QED) is 0.910. The number of benzene rings is 1. The molecule has 88 valence electrons. The van der Waals surface area contributed by atoms with E-state index in [0.29, 0.717) is 0 Å². The van der Waals surface area contributed by atoms with Crippen LogP contribution in [-0.2, 0) is 5.75 Å². The summed E-state index contributed by atoms with van der Waals surface area (Å²) in [6, 6.07) is 8.63. The lowest BCUT2D eigenvalue weighted by atomic mass is 10.0. The van der Waals surface area contributed by atoms with Gasteiger partial charge >= 0.3 is 0 Å². The molecule has 1 aromatic carbocycles. The first-order chi connectivity index (χ1) is 7.84. The van der Waals surface area contributed by atoms with Gasteiger partial charge < -0.3 is 5.32 Å². The van der Waals surface area contributed by atoms with E-state index in [-0.39, 0.29) is 0 Å². The molecule has 1 aliphatic heterocycles. The summed E-state index contributed by atoms with van der Waals surface area (Å²) in [6.45, 7) is 2.42. The number of hydrogen-bond acceptors (Lipinski definition) is 2. The minimum absolute atomic E-state index is 0.929. The Kier molecular flexibility index (Phi) is 5.20. The average molecular weight is 300 g/mol. The minimum Gasteiger partial charge on any atom is -0.317 e. The highest BCUT2D eigenvalue weighted by Crippen LogP contribution is 2.22. The Hall–Kier alpha value is 0.01000. The Morgan fingerprint density at radius 1 is 1.31 bits per heavy atom. The van der Waals surface area contributed by atoms with Crippen molar-refractivity contribution >= 4 is 27.7 Å². The zero-order valence-corrected chi connectivity index (χ0v) is 11.8. The highest BCUT2D eigenvalue weighted by atomic mass is 79.9. The van der Waals surface area contributed by atoms with E-state index in [2.05, 4.69) is 57.3 Å². The molecule has 0 bridgehead atoms. The number of nitrogens with one attached hydrogen (secondary N) is 1. The first-order valence-electron chi connectivity index (χ1n) is 5.87. The van der Waals surface area contributed by atoms with Gasteiger partial charge in [-0.05, 0) is 55.3 Å². The van der Waals surface area contributed by atoms with Crippen LogP contribution in [0.4, 0.5) is 0 Å². The molecule has 1 heterocycles. The van der Waals surface area contributed by atoms with E-state index in [1.165, 1.54) is 41.7 Å². The normalized spacial score (nSPS) is 17.6. The second kappa shape index (κ2) is 6.67. The first-order valence-corrected chi connectivity index (χ1v) is 7.82. The molecule has 3 heteroatoms. The SMILES string of the molecule is Brc1cccc(CSCC2CCNCC2)c1. The molecule has 0 spiro atoms. The van der Waals surface area contributed by atoms with Crippen LogP contribution in [0.3, 0.4) is 0 Å². The topological polar surface area (TPSA) is 12.0 Å². The molecule has 1 fully saturated rings. The monoisotopic (exact) mass is 299 g/mol.